The first-order valence-electron chi connectivity index (χ1n) is 4.62. The molecule has 0 amide bonds. The summed E-state index contributed by atoms with van der Waals surface area (Å²) < 4.78 is 0. The van der Waals surface area contributed by atoms with Crippen LogP contribution in [-0.2, 0) is 4.79 Å². The summed E-state index contributed by atoms with van der Waals surface area (Å²) in [6, 6.07) is 5.63. The minimum atomic E-state index is 0.0337. The zero-order chi connectivity index (χ0) is 10.8. The van der Waals surface area contributed by atoms with Crippen LogP contribution in [0, 0.1) is 0 Å². The van der Waals surface area contributed by atoms with E-state index in [9.17, 15) is 4.79 Å². The van der Waals surface area contributed by atoms with Crippen LogP contribution in [0.5, 0.6) is 0 Å². The van der Waals surface area contributed by atoms with E-state index in [0.29, 0.717) is 5.02 Å². The summed E-state index contributed by atoms with van der Waals surface area (Å²) in [4.78, 5) is 13.9. The standard InChI is InChI=1S/C12H10ClNO/c1-8(15)2-3-9-7-14-12-5-4-10(13)6-11(9)12/h2-7,14H,1H3/b3-2+. The number of halogens is 1. The summed E-state index contributed by atoms with van der Waals surface area (Å²) in [5.41, 5.74) is 1.99. The fraction of sp³-hybridized carbons (Fsp3) is 0.0833. The summed E-state index contributed by atoms with van der Waals surface area (Å²) in [6.45, 7) is 1.53. The van der Waals surface area contributed by atoms with Crippen LogP contribution >= 0.6 is 11.6 Å². The molecular formula is C12H10ClNO. The van der Waals surface area contributed by atoms with Gasteiger partial charge in [-0.25, -0.2) is 0 Å². The summed E-state index contributed by atoms with van der Waals surface area (Å²) >= 11 is 5.91. The van der Waals surface area contributed by atoms with Crippen LogP contribution in [0.1, 0.15) is 12.5 Å². The molecule has 0 aliphatic carbocycles. The second-order valence-corrected chi connectivity index (χ2v) is 3.81. The Morgan fingerprint density at radius 1 is 1.47 bits per heavy atom. The normalized spacial score (nSPS) is 11.3. The Labute approximate surface area is 92.6 Å². The molecule has 0 bridgehead atoms. The van der Waals surface area contributed by atoms with Gasteiger partial charge in [0.15, 0.2) is 5.78 Å². The van der Waals surface area contributed by atoms with Gasteiger partial charge in [0.1, 0.15) is 0 Å². The number of aromatic amines is 1. The van der Waals surface area contributed by atoms with Gasteiger partial charge in [-0.05, 0) is 42.8 Å². The van der Waals surface area contributed by atoms with Gasteiger partial charge in [0.2, 0.25) is 0 Å². The average Bonchev–Trinajstić information content (AvgIpc) is 2.57. The molecule has 1 heterocycles. The third kappa shape index (κ3) is 2.10. The van der Waals surface area contributed by atoms with E-state index in [1.165, 1.54) is 6.92 Å². The van der Waals surface area contributed by atoms with Crippen molar-refractivity contribution in [1.29, 1.82) is 0 Å². The number of carbonyl (C=O) groups is 1. The second-order valence-electron chi connectivity index (χ2n) is 3.38. The SMILES string of the molecule is CC(=O)/C=C/c1c[nH]c2ccc(Cl)cc12. The van der Waals surface area contributed by atoms with Gasteiger partial charge in [0.05, 0.1) is 0 Å². The molecular weight excluding hydrogens is 210 g/mol. The molecule has 15 heavy (non-hydrogen) atoms. The van der Waals surface area contributed by atoms with E-state index in [2.05, 4.69) is 4.98 Å². The zero-order valence-electron chi connectivity index (χ0n) is 8.25. The fourth-order valence-corrected chi connectivity index (χ4v) is 1.63. The van der Waals surface area contributed by atoms with Crippen molar-refractivity contribution in [1.82, 2.24) is 4.98 Å². The van der Waals surface area contributed by atoms with Crippen molar-refractivity contribution in [3.8, 4) is 0 Å². The lowest BCUT2D eigenvalue weighted by Crippen LogP contribution is -1.79. The highest BCUT2D eigenvalue weighted by Gasteiger charge is 2.01. The maximum atomic E-state index is 10.8. The number of rotatable bonds is 2. The van der Waals surface area contributed by atoms with Crippen LogP contribution in [0.4, 0.5) is 0 Å². The Hall–Kier alpha value is -1.54. The Morgan fingerprint density at radius 3 is 3.00 bits per heavy atom. The number of fused-ring (bicyclic) bond motifs is 1. The summed E-state index contributed by atoms with van der Waals surface area (Å²) in [5, 5.41) is 1.72. The van der Waals surface area contributed by atoms with E-state index >= 15 is 0 Å². The first-order chi connectivity index (χ1) is 7.16. The Balaban J connectivity index is 2.52. The van der Waals surface area contributed by atoms with Gasteiger partial charge in [-0.15, -0.1) is 0 Å². The largest absolute Gasteiger partial charge is 0.361 e. The highest BCUT2D eigenvalue weighted by molar-refractivity contribution is 6.31. The number of benzene rings is 1. The van der Waals surface area contributed by atoms with Gasteiger partial charge in [0.25, 0.3) is 0 Å². The minimum Gasteiger partial charge on any atom is -0.361 e. The molecule has 0 fully saturated rings. The molecule has 0 aliphatic heterocycles. The van der Waals surface area contributed by atoms with E-state index in [1.54, 1.807) is 12.2 Å². The number of hydrogen-bond acceptors (Lipinski definition) is 1. The van der Waals surface area contributed by atoms with Crippen molar-refractivity contribution in [3.63, 3.8) is 0 Å². The van der Waals surface area contributed by atoms with E-state index in [1.807, 2.05) is 24.4 Å². The number of aromatic nitrogens is 1. The van der Waals surface area contributed by atoms with Crippen LogP contribution in [0.3, 0.4) is 0 Å². The van der Waals surface area contributed by atoms with Crippen LogP contribution in [0.25, 0.3) is 17.0 Å². The average molecular weight is 220 g/mol. The molecule has 3 heteroatoms. The van der Waals surface area contributed by atoms with Crippen molar-refractivity contribution >= 4 is 34.4 Å². The molecule has 0 saturated heterocycles. The van der Waals surface area contributed by atoms with Gasteiger partial charge in [-0.1, -0.05) is 11.6 Å². The maximum Gasteiger partial charge on any atom is 0.152 e. The lowest BCUT2D eigenvalue weighted by atomic mass is 10.1. The third-order valence-electron chi connectivity index (χ3n) is 2.17. The first kappa shape index (κ1) is 9.99. The molecule has 2 nitrogen and oxygen atoms in total. The van der Waals surface area contributed by atoms with Crippen molar-refractivity contribution < 1.29 is 4.79 Å². The lowest BCUT2D eigenvalue weighted by molar-refractivity contribution is -0.112. The fourth-order valence-electron chi connectivity index (χ4n) is 1.46. The van der Waals surface area contributed by atoms with Gasteiger partial charge in [-0.2, -0.15) is 0 Å². The van der Waals surface area contributed by atoms with E-state index in [-0.39, 0.29) is 5.78 Å². The van der Waals surface area contributed by atoms with Crippen molar-refractivity contribution in [2.45, 2.75) is 6.92 Å². The zero-order valence-corrected chi connectivity index (χ0v) is 9.01. The van der Waals surface area contributed by atoms with Crippen LogP contribution in [-0.4, -0.2) is 10.8 Å². The number of allylic oxidation sites excluding steroid dienone is 1. The quantitative estimate of drug-likeness (QED) is 0.772. The summed E-state index contributed by atoms with van der Waals surface area (Å²) in [7, 11) is 0. The maximum absolute atomic E-state index is 10.8. The van der Waals surface area contributed by atoms with E-state index < -0.39 is 0 Å². The minimum absolute atomic E-state index is 0.0337. The van der Waals surface area contributed by atoms with E-state index in [0.717, 1.165) is 16.5 Å². The third-order valence-corrected chi connectivity index (χ3v) is 2.41. The molecule has 0 aliphatic rings. The topological polar surface area (TPSA) is 32.9 Å². The molecule has 2 aromatic rings. The summed E-state index contributed by atoms with van der Waals surface area (Å²) in [5.74, 6) is 0.0337. The monoisotopic (exact) mass is 219 g/mol. The molecule has 0 radical (unpaired) electrons. The smallest absolute Gasteiger partial charge is 0.152 e. The highest BCUT2D eigenvalue weighted by Crippen LogP contribution is 2.23. The van der Waals surface area contributed by atoms with Gasteiger partial charge in [-0.3, -0.25) is 4.79 Å². The molecule has 0 unspecified atom stereocenters. The molecule has 1 aromatic carbocycles. The molecule has 1 aromatic heterocycles. The van der Waals surface area contributed by atoms with Crippen molar-refractivity contribution in [3.05, 3.63) is 41.1 Å². The van der Waals surface area contributed by atoms with Crippen LogP contribution in [0.2, 0.25) is 5.02 Å². The highest BCUT2D eigenvalue weighted by atomic mass is 35.5. The van der Waals surface area contributed by atoms with Crippen LogP contribution < -0.4 is 0 Å². The number of ketones is 1. The van der Waals surface area contributed by atoms with Crippen molar-refractivity contribution in [2.24, 2.45) is 0 Å². The molecule has 2 rings (SSSR count). The van der Waals surface area contributed by atoms with Gasteiger partial charge >= 0.3 is 0 Å². The lowest BCUT2D eigenvalue weighted by Gasteiger charge is -1.92. The predicted molar refractivity (Wildman–Crippen MR) is 63.0 cm³/mol. The molecule has 76 valence electrons. The summed E-state index contributed by atoms with van der Waals surface area (Å²) in [6.07, 6.45) is 5.20. The number of hydrogen-bond donors (Lipinski definition) is 1. The predicted octanol–water partition coefficient (Wildman–Crippen LogP) is 3.42. The second kappa shape index (κ2) is 3.91. The molecule has 1 N–H and O–H groups in total. The van der Waals surface area contributed by atoms with Gasteiger partial charge in [0, 0.05) is 22.1 Å². The number of carbonyl (C=O) groups excluding carboxylic acids is 1. The van der Waals surface area contributed by atoms with E-state index in [4.69, 9.17) is 11.6 Å². The molecule has 0 spiro atoms. The number of nitrogens with one attached hydrogen (secondary N) is 1. The Morgan fingerprint density at radius 2 is 2.27 bits per heavy atom. The first-order valence-corrected chi connectivity index (χ1v) is 5.00. The van der Waals surface area contributed by atoms with Crippen molar-refractivity contribution in [2.75, 3.05) is 0 Å². The molecule has 0 atom stereocenters. The number of H-pyrrole nitrogens is 1. The van der Waals surface area contributed by atoms with Crippen LogP contribution in [0.15, 0.2) is 30.5 Å². The van der Waals surface area contributed by atoms with Gasteiger partial charge < -0.3 is 4.98 Å². The Kier molecular flexibility index (Phi) is 2.60. The molecule has 0 saturated carbocycles. The Bertz CT molecular complexity index is 540.